The molecule has 13 nitrogen and oxygen atoms in total. The standard InChI is InChI=1S/C20H33N6O7PS/c1-6-30-17-14-16(23-20(21)24-17)26(10-22-14)18-11(4)15(27)13(33-18)9-32-34(29,35-8-3)25-12(5)19(28)31-7-2/h10-13,15,18,27H,6-9H2,1-5H3,(H,25,29)(H2,21,23,24). The fraction of sp³-hybridized carbons (Fsp3) is 0.700. The van der Waals surface area contributed by atoms with Crippen molar-refractivity contribution in [3.05, 3.63) is 6.33 Å². The summed E-state index contributed by atoms with van der Waals surface area (Å²) < 4.78 is 37.3. The van der Waals surface area contributed by atoms with Crippen LogP contribution in [0.2, 0.25) is 0 Å². The van der Waals surface area contributed by atoms with Crippen LogP contribution >= 0.6 is 18.1 Å². The van der Waals surface area contributed by atoms with Gasteiger partial charge in [-0.05, 0) is 20.8 Å². The highest BCUT2D eigenvalue weighted by molar-refractivity contribution is 8.56. The summed E-state index contributed by atoms with van der Waals surface area (Å²) in [4.78, 5) is 24.7. The highest BCUT2D eigenvalue weighted by Crippen LogP contribution is 2.56. The maximum absolute atomic E-state index is 13.3. The predicted molar refractivity (Wildman–Crippen MR) is 131 cm³/mol. The van der Waals surface area contributed by atoms with Crippen LogP contribution in [0.4, 0.5) is 5.95 Å². The molecule has 2 aromatic rings. The molecule has 1 aliphatic rings. The average molecular weight is 533 g/mol. The number of aliphatic hydroxyl groups is 1. The van der Waals surface area contributed by atoms with Gasteiger partial charge < -0.3 is 29.6 Å². The molecule has 15 heteroatoms. The second-order valence-electron chi connectivity index (χ2n) is 7.87. The van der Waals surface area contributed by atoms with Crippen molar-refractivity contribution < 1.29 is 33.2 Å². The minimum atomic E-state index is -3.49. The van der Waals surface area contributed by atoms with Crippen molar-refractivity contribution in [2.24, 2.45) is 5.92 Å². The Kier molecular flexibility index (Phi) is 9.35. The van der Waals surface area contributed by atoms with Crippen LogP contribution in [-0.4, -0.2) is 74.4 Å². The van der Waals surface area contributed by atoms with Crippen molar-refractivity contribution in [3.8, 4) is 5.88 Å². The SMILES string of the molecule is CCOC(=O)C(C)NP(=O)(OCC1OC(n2cnc3c(OCC)nc(N)nc32)C(C)C1O)SCC. The number of anilines is 1. The molecular formula is C20H33N6O7PS. The second-order valence-corrected chi connectivity index (χ2v) is 12.4. The summed E-state index contributed by atoms with van der Waals surface area (Å²) in [7, 11) is 0. The minimum absolute atomic E-state index is 0.0214. The Bertz CT molecular complexity index is 1070. The van der Waals surface area contributed by atoms with Gasteiger partial charge in [0.2, 0.25) is 11.8 Å². The van der Waals surface area contributed by atoms with Gasteiger partial charge in [-0.3, -0.25) is 13.9 Å². The van der Waals surface area contributed by atoms with Gasteiger partial charge in [0.05, 0.1) is 32.3 Å². The number of carbonyl (C=O) groups is 1. The maximum Gasteiger partial charge on any atom is 0.327 e. The maximum atomic E-state index is 13.3. The molecule has 0 amide bonds. The number of hydrogen-bond donors (Lipinski definition) is 3. The van der Waals surface area contributed by atoms with E-state index >= 15 is 0 Å². The number of nitrogen functional groups attached to an aromatic ring is 1. The molecule has 3 heterocycles. The third-order valence-corrected chi connectivity index (χ3v) is 9.56. The molecule has 6 unspecified atom stereocenters. The normalized spacial score (nSPS) is 24.9. The lowest BCUT2D eigenvalue weighted by Crippen LogP contribution is -2.35. The topological polar surface area (TPSA) is 173 Å². The summed E-state index contributed by atoms with van der Waals surface area (Å²) in [5.41, 5.74) is 6.68. The first kappa shape index (κ1) is 27.6. The van der Waals surface area contributed by atoms with Gasteiger partial charge in [-0.15, -0.1) is 0 Å². The largest absolute Gasteiger partial charge is 0.476 e. The molecule has 0 spiro atoms. The third kappa shape index (κ3) is 6.25. The first-order chi connectivity index (χ1) is 16.6. The predicted octanol–water partition coefficient (Wildman–Crippen LogP) is 2.12. The number of imidazole rings is 1. The summed E-state index contributed by atoms with van der Waals surface area (Å²) in [5.74, 6) is -0.139. The molecule has 0 saturated carbocycles. The number of aliphatic hydroxyl groups excluding tert-OH is 1. The van der Waals surface area contributed by atoms with E-state index in [9.17, 15) is 14.5 Å². The molecule has 1 saturated heterocycles. The molecule has 6 atom stereocenters. The van der Waals surface area contributed by atoms with Gasteiger partial charge in [0.25, 0.3) is 0 Å². The van der Waals surface area contributed by atoms with E-state index < -0.39 is 37.2 Å². The number of nitrogens with two attached hydrogens (primary N) is 1. The van der Waals surface area contributed by atoms with Crippen molar-refractivity contribution in [2.75, 3.05) is 31.3 Å². The summed E-state index contributed by atoms with van der Waals surface area (Å²) >= 11 is 1.05. The number of hydrogen-bond acceptors (Lipinski definition) is 12. The molecular weight excluding hydrogens is 499 g/mol. The van der Waals surface area contributed by atoms with Gasteiger partial charge in [0.1, 0.15) is 18.4 Å². The lowest BCUT2D eigenvalue weighted by molar-refractivity contribution is -0.144. The van der Waals surface area contributed by atoms with Gasteiger partial charge in [0.15, 0.2) is 11.2 Å². The molecule has 196 valence electrons. The van der Waals surface area contributed by atoms with E-state index in [0.717, 1.165) is 11.4 Å². The molecule has 0 aliphatic carbocycles. The zero-order valence-corrected chi connectivity index (χ0v) is 22.1. The van der Waals surface area contributed by atoms with Crippen molar-refractivity contribution >= 4 is 41.2 Å². The van der Waals surface area contributed by atoms with Gasteiger partial charge in [-0.1, -0.05) is 25.2 Å². The lowest BCUT2D eigenvalue weighted by atomic mass is 10.0. The molecule has 4 N–H and O–H groups in total. The summed E-state index contributed by atoms with van der Waals surface area (Å²) in [6.07, 6.45) is -0.829. The Balaban J connectivity index is 1.75. The molecule has 3 rings (SSSR count). The monoisotopic (exact) mass is 532 g/mol. The summed E-state index contributed by atoms with van der Waals surface area (Å²) in [6, 6.07) is -0.831. The van der Waals surface area contributed by atoms with Crippen LogP contribution in [0.15, 0.2) is 6.33 Å². The van der Waals surface area contributed by atoms with E-state index in [-0.39, 0.29) is 31.0 Å². The molecule has 35 heavy (non-hydrogen) atoms. The molecule has 0 radical (unpaired) electrons. The summed E-state index contributed by atoms with van der Waals surface area (Å²) in [5, 5.41) is 13.6. The number of nitrogens with one attached hydrogen (secondary N) is 1. The Hall–Kier alpha value is -1.96. The van der Waals surface area contributed by atoms with E-state index in [4.69, 9.17) is 24.5 Å². The van der Waals surface area contributed by atoms with Crippen molar-refractivity contribution in [1.29, 1.82) is 0 Å². The Morgan fingerprint density at radius 1 is 1.37 bits per heavy atom. The fourth-order valence-corrected chi connectivity index (χ4v) is 7.30. The van der Waals surface area contributed by atoms with E-state index in [0.29, 0.717) is 23.5 Å². The van der Waals surface area contributed by atoms with Gasteiger partial charge >= 0.3 is 12.7 Å². The Morgan fingerprint density at radius 2 is 2.11 bits per heavy atom. The zero-order chi connectivity index (χ0) is 25.8. The third-order valence-electron chi connectivity index (χ3n) is 5.35. The Labute approximate surface area is 207 Å². The lowest BCUT2D eigenvalue weighted by Gasteiger charge is -2.24. The zero-order valence-electron chi connectivity index (χ0n) is 20.4. The van der Waals surface area contributed by atoms with Crippen LogP contribution in [0, 0.1) is 5.92 Å². The summed E-state index contributed by atoms with van der Waals surface area (Å²) in [6.45, 7) is 5.65. The van der Waals surface area contributed by atoms with E-state index in [2.05, 4.69) is 20.0 Å². The number of nitrogens with zero attached hydrogens (tertiary/aromatic N) is 4. The van der Waals surface area contributed by atoms with Crippen LogP contribution in [0.3, 0.4) is 0 Å². The van der Waals surface area contributed by atoms with E-state index in [1.165, 1.54) is 6.33 Å². The highest BCUT2D eigenvalue weighted by Gasteiger charge is 2.44. The van der Waals surface area contributed by atoms with E-state index in [1.807, 2.05) is 20.8 Å². The van der Waals surface area contributed by atoms with Crippen molar-refractivity contribution in [2.45, 2.75) is 59.1 Å². The molecule has 0 bridgehead atoms. The first-order valence-corrected chi connectivity index (χ1v) is 14.6. The highest BCUT2D eigenvalue weighted by atomic mass is 32.7. The van der Waals surface area contributed by atoms with Crippen molar-refractivity contribution in [1.82, 2.24) is 24.6 Å². The van der Waals surface area contributed by atoms with Gasteiger partial charge in [-0.2, -0.15) is 9.97 Å². The molecule has 0 aromatic carbocycles. The molecule has 1 aliphatic heterocycles. The van der Waals surface area contributed by atoms with Crippen LogP contribution in [0.5, 0.6) is 5.88 Å². The molecule has 2 aromatic heterocycles. The number of ether oxygens (including phenoxy) is 3. The first-order valence-electron chi connectivity index (χ1n) is 11.4. The van der Waals surface area contributed by atoms with Crippen LogP contribution in [0.1, 0.15) is 40.8 Å². The van der Waals surface area contributed by atoms with E-state index in [1.54, 1.807) is 18.4 Å². The fourth-order valence-electron chi connectivity index (χ4n) is 3.69. The quantitative estimate of drug-likeness (QED) is 0.268. The minimum Gasteiger partial charge on any atom is -0.476 e. The number of aromatic nitrogens is 4. The number of carbonyl (C=O) groups excluding carboxylic acids is 1. The van der Waals surface area contributed by atoms with Crippen LogP contribution < -0.4 is 15.6 Å². The van der Waals surface area contributed by atoms with Crippen molar-refractivity contribution in [3.63, 3.8) is 0 Å². The average Bonchev–Trinajstić information content (AvgIpc) is 3.34. The van der Waals surface area contributed by atoms with Gasteiger partial charge in [0, 0.05) is 11.7 Å². The van der Waals surface area contributed by atoms with Gasteiger partial charge in [-0.25, -0.2) is 10.1 Å². The Morgan fingerprint density at radius 3 is 2.77 bits per heavy atom. The smallest absolute Gasteiger partial charge is 0.327 e. The number of rotatable bonds is 12. The number of esters is 1. The van der Waals surface area contributed by atoms with Crippen LogP contribution in [0.25, 0.3) is 11.2 Å². The molecule has 1 fully saturated rings. The van der Waals surface area contributed by atoms with Crippen LogP contribution in [-0.2, 0) is 23.4 Å². The second kappa shape index (κ2) is 11.8. The number of fused-ring (bicyclic) bond motifs is 1.